The maximum absolute atomic E-state index is 5.33. The Kier molecular flexibility index (Phi) is 5.99. The zero-order chi connectivity index (χ0) is 13.5. The van der Waals surface area contributed by atoms with E-state index in [1.54, 1.807) is 14.2 Å². The summed E-state index contributed by atoms with van der Waals surface area (Å²) in [5.74, 6) is 1.56. The van der Waals surface area contributed by atoms with Gasteiger partial charge in [0.25, 0.3) is 0 Å². The lowest BCUT2D eigenvalue weighted by Gasteiger charge is -2.22. The SMILES string of the molecule is CCC(CC)NC(C)c1ccc(OC)c(OC)c1. The van der Waals surface area contributed by atoms with E-state index in [-0.39, 0.29) is 0 Å². The molecule has 0 saturated heterocycles. The summed E-state index contributed by atoms with van der Waals surface area (Å²) < 4.78 is 10.6. The van der Waals surface area contributed by atoms with Gasteiger partial charge in [-0.15, -0.1) is 0 Å². The molecule has 3 heteroatoms. The van der Waals surface area contributed by atoms with Crippen molar-refractivity contribution in [3.63, 3.8) is 0 Å². The van der Waals surface area contributed by atoms with E-state index < -0.39 is 0 Å². The molecule has 0 fully saturated rings. The molecule has 0 saturated carbocycles. The van der Waals surface area contributed by atoms with Gasteiger partial charge in [0, 0.05) is 12.1 Å². The Balaban J connectivity index is 2.82. The molecule has 1 atom stereocenters. The first kappa shape index (κ1) is 14.8. The minimum Gasteiger partial charge on any atom is -0.493 e. The Morgan fingerprint density at radius 2 is 1.67 bits per heavy atom. The van der Waals surface area contributed by atoms with Crippen LogP contribution in [0.3, 0.4) is 0 Å². The molecule has 1 N–H and O–H groups in total. The van der Waals surface area contributed by atoms with Gasteiger partial charge in [-0.05, 0) is 37.5 Å². The fourth-order valence-corrected chi connectivity index (χ4v) is 2.10. The number of hydrogen-bond acceptors (Lipinski definition) is 3. The molecule has 18 heavy (non-hydrogen) atoms. The van der Waals surface area contributed by atoms with Crippen LogP contribution < -0.4 is 14.8 Å². The van der Waals surface area contributed by atoms with Crippen molar-refractivity contribution in [2.75, 3.05) is 14.2 Å². The highest BCUT2D eigenvalue weighted by Gasteiger charge is 2.12. The van der Waals surface area contributed by atoms with Crippen LogP contribution >= 0.6 is 0 Å². The minimum absolute atomic E-state index is 0.315. The number of nitrogens with one attached hydrogen (secondary N) is 1. The van der Waals surface area contributed by atoms with Gasteiger partial charge in [0.1, 0.15) is 0 Å². The van der Waals surface area contributed by atoms with Crippen LogP contribution in [0.1, 0.15) is 45.2 Å². The predicted octanol–water partition coefficient (Wildman–Crippen LogP) is 3.54. The summed E-state index contributed by atoms with van der Waals surface area (Å²) in [6.07, 6.45) is 2.29. The van der Waals surface area contributed by atoms with Crippen molar-refractivity contribution in [2.45, 2.75) is 45.7 Å². The Bertz CT molecular complexity index is 362. The van der Waals surface area contributed by atoms with Crippen LogP contribution in [-0.4, -0.2) is 20.3 Å². The monoisotopic (exact) mass is 251 g/mol. The molecule has 1 rings (SSSR count). The van der Waals surface area contributed by atoms with Crippen molar-refractivity contribution >= 4 is 0 Å². The van der Waals surface area contributed by atoms with Crippen molar-refractivity contribution < 1.29 is 9.47 Å². The molecule has 0 aliphatic heterocycles. The topological polar surface area (TPSA) is 30.5 Å². The van der Waals surface area contributed by atoms with Gasteiger partial charge in [-0.3, -0.25) is 0 Å². The van der Waals surface area contributed by atoms with Crippen molar-refractivity contribution in [1.29, 1.82) is 0 Å². The average Bonchev–Trinajstić information content (AvgIpc) is 2.43. The second-order valence-electron chi connectivity index (χ2n) is 4.52. The molecule has 1 aromatic carbocycles. The number of rotatable bonds is 7. The van der Waals surface area contributed by atoms with Gasteiger partial charge < -0.3 is 14.8 Å². The van der Waals surface area contributed by atoms with Gasteiger partial charge >= 0.3 is 0 Å². The van der Waals surface area contributed by atoms with Crippen molar-refractivity contribution in [1.82, 2.24) is 5.32 Å². The smallest absolute Gasteiger partial charge is 0.161 e. The number of benzene rings is 1. The third-order valence-electron chi connectivity index (χ3n) is 3.38. The van der Waals surface area contributed by atoms with E-state index in [2.05, 4.69) is 32.2 Å². The first-order valence-electron chi connectivity index (χ1n) is 6.64. The second kappa shape index (κ2) is 7.27. The number of methoxy groups -OCH3 is 2. The Labute approximate surface area is 110 Å². The van der Waals surface area contributed by atoms with E-state index >= 15 is 0 Å². The molecule has 0 bridgehead atoms. The Morgan fingerprint density at radius 3 is 2.17 bits per heavy atom. The Hall–Kier alpha value is -1.22. The van der Waals surface area contributed by atoms with Gasteiger partial charge in [0.05, 0.1) is 14.2 Å². The molecule has 0 aromatic heterocycles. The highest BCUT2D eigenvalue weighted by Crippen LogP contribution is 2.30. The van der Waals surface area contributed by atoms with E-state index in [0.717, 1.165) is 24.3 Å². The van der Waals surface area contributed by atoms with Crippen LogP contribution in [0.5, 0.6) is 11.5 Å². The van der Waals surface area contributed by atoms with Gasteiger partial charge in [-0.1, -0.05) is 19.9 Å². The number of hydrogen-bond donors (Lipinski definition) is 1. The highest BCUT2D eigenvalue weighted by molar-refractivity contribution is 5.43. The second-order valence-corrected chi connectivity index (χ2v) is 4.52. The molecule has 0 radical (unpaired) electrons. The fourth-order valence-electron chi connectivity index (χ4n) is 2.10. The van der Waals surface area contributed by atoms with Crippen LogP contribution in [-0.2, 0) is 0 Å². The summed E-state index contributed by atoms with van der Waals surface area (Å²) in [7, 11) is 3.32. The van der Waals surface area contributed by atoms with Crippen LogP contribution in [0.2, 0.25) is 0 Å². The maximum Gasteiger partial charge on any atom is 0.161 e. The van der Waals surface area contributed by atoms with Crippen molar-refractivity contribution in [2.24, 2.45) is 0 Å². The molecule has 1 aromatic rings. The predicted molar refractivity (Wildman–Crippen MR) is 75.5 cm³/mol. The fraction of sp³-hybridized carbons (Fsp3) is 0.600. The van der Waals surface area contributed by atoms with E-state index in [1.807, 2.05) is 12.1 Å². The molecule has 1 unspecified atom stereocenters. The first-order valence-corrected chi connectivity index (χ1v) is 6.64. The average molecular weight is 251 g/mol. The van der Waals surface area contributed by atoms with Gasteiger partial charge in [-0.25, -0.2) is 0 Å². The summed E-state index contributed by atoms with van der Waals surface area (Å²) in [6, 6.07) is 6.96. The zero-order valence-corrected chi connectivity index (χ0v) is 12.1. The Morgan fingerprint density at radius 1 is 1.06 bits per heavy atom. The molecule has 102 valence electrons. The molecular formula is C15H25NO2. The highest BCUT2D eigenvalue weighted by atomic mass is 16.5. The number of ether oxygens (including phenoxy) is 2. The summed E-state index contributed by atoms with van der Waals surface area (Å²) >= 11 is 0. The van der Waals surface area contributed by atoms with Crippen LogP contribution in [0.15, 0.2) is 18.2 Å². The van der Waals surface area contributed by atoms with E-state index in [0.29, 0.717) is 12.1 Å². The normalized spacial score (nSPS) is 12.6. The third-order valence-corrected chi connectivity index (χ3v) is 3.38. The molecule has 0 spiro atoms. The maximum atomic E-state index is 5.33. The molecule has 0 aliphatic carbocycles. The summed E-state index contributed by atoms with van der Waals surface area (Å²) in [4.78, 5) is 0. The zero-order valence-electron chi connectivity index (χ0n) is 12.1. The van der Waals surface area contributed by atoms with Gasteiger partial charge in [0.15, 0.2) is 11.5 Å². The van der Waals surface area contributed by atoms with Crippen LogP contribution in [0.25, 0.3) is 0 Å². The van der Waals surface area contributed by atoms with E-state index in [1.165, 1.54) is 5.56 Å². The molecule has 3 nitrogen and oxygen atoms in total. The molecule has 0 heterocycles. The van der Waals surface area contributed by atoms with Gasteiger partial charge in [0.2, 0.25) is 0 Å². The summed E-state index contributed by atoms with van der Waals surface area (Å²) in [5, 5.41) is 3.63. The largest absolute Gasteiger partial charge is 0.493 e. The lowest BCUT2D eigenvalue weighted by molar-refractivity contribution is 0.353. The standard InChI is InChI=1S/C15H25NO2/c1-6-13(7-2)16-11(3)12-8-9-14(17-4)15(10-12)18-5/h8-11,13,16H,6-7H2,1-5H3. The minimum atomic E-state index is 0.315. The summed E-state index contributed by atoms with van der Waals surface area (Å²) in [6.45, 7) is 6.60. The molecular weight excluding hydrogens is 226 g/mol. The van der Waals surface area contributed by atoms with E-state index in [9.17, 15) is 0 Å². The van der Waals surface area contributed by atoms with Crippen LogP contribution in [0, 0.1) is 0 Å². The van der Waals surface area contributed by atoms with Crippen molar-refractivity contribution in [3.8, 4) is 11.5 Å². The quantitative estimate of drug-likeness (QED) is 0.804. The third kappa shape index (κ3) is 3.64. The molecule has 0 aliphatic rings. The first-order chi connectivity index (χ1) is 8.65. The molecule has 0 amide bonds. The van der Waals surface area contributed by atoms with Crippen LogP contribution in [0.4, 0.5) is 0 Å². The lowest BCUT2D eigenvalue weighted by Crippen LogP contribution is -2.30. The van der Waals surface area contributed by atoms with Gasteiger partial charge in [-0.2, -0.15) is 0 Å². The van der Waals surface area contributed by atoms with Crippen molar-refractivity contribution in [3.05, 3.63) is 23.8 Å². The summed E-state index contributed by atoms with van der Waals surface area (Å²) in [5.41, 5.74) is 1.22. The van der Waals surface area contributed by atoms with E-state index in [4.69, 9.17) is 9.47 Å². The lowest BCUT2D eigenvalue weighted by atomic mass is 10.0.